The van der Waals surface area contributed by atoms with Crippen LogP contribution in [0.25, 0.3) is 0 Å². The fourth-order valence-corrected chi connectivity index (χ4v) is 8.78. The predicted molar refractivity (Wildman–Crippen MR) is 292 cm³/mol. The predicted octanol–water partition coefficient (Wildman–Crippen LogP) is 18.2. The molecule has 67 heavy (non-hydrogen) atoms. The molecular weight excluding hydrogens is 827 g/mol. The van der Waals surface area contributed by atoms with Crippen LogP contribution in [0.15, 0.2) is 48.6 Å². The third-order valence-corrected chi connectivity index (χ3v) is 13.3. The van der Waals surface area contributed by atoms with Gasteiger partial charge in [-0.25, -0.2) is 0 Å². The second-order valence-corrected chi connectivity index (χ2v) is 20.0. The lowest BCUT2D eigenvalue weighted by Crippen LogP contribution is -2.45. The molecule has 0 saturated carbocycles. The lowest BCUT2D eigenvalue weighted by Gasteiger charge is -2.20. The molecule has 0 spiro atoms. The van der Waals surface area contributed by atoms with Crippen LogP contribution in [-0.2, 0) is 14.3 Å². The van der Waals surface area contributed by atoms with Gasteiger partial charge in [0.15, 0.2) is 0 Å². The first-order valence-electron chi connectivity index (χ1n) is 29.4. The number of hydrogen-bond donors (Lipinski definition) is 3. The van der Waals surface area contributed by atoms with Crippen LogP contribution in [0.3, 0.4) is 0 Å². The highest BCUT2D eigenvalue weighted by Gasteiger charge is 2.18. The van der Waals surface area contributed by atoms with Gasteiger partial charge in [0.05, 0.1) is 25.4 Å². The minimum atomic E-state index is -0.849. The Bertz CT molecular complexity index is 1130. The van der Waals surface area contributed by atoms with Gasteiger partial charge in [0.2, 0.25) is 5.91 Å². The quantitative estimate of drug-likeness (QED) is 0.0321. The first kappa shape index (κ1) is 64.8. The molecule has 0 aliphatic rings. The van der Waals surface area contributed by atoms with Crippen LogP contribution in [-0.4, -0.2) is 47.4 Å². The summed E-state index contributed by atoms with van der Waals surface area (Å²) < 4.78 is 5.46. The first-order valence-corrected chi connectivity index (χ1v) is 29.4. The highest BCUT2D eigenvalue weighted by Crippen LogP contribution is 2.16. The standard InChI is InChI=1S/C61H113NO5/c1-3-5-7-9-11-13-15-17-26-30-33-37-41-45-49-53-59(64)58(57-63)62-60(65)54-50-46-42-38-34-31-27-24-22-20-18-19-21-23-25-28-32-36-40-44-48-52-56-67-61(66)55-51-47-43-39-35-29-16-14-12-10-8-6-4-2/h8,10,14,16,20,22,49,53,58-59,63-64H,3-7,9,11-13,15,17-19,21,23-48,50-52,54-57H2,1-2H3,(H,62,65)/b10-8-,16-14-,22-20-,53-49+. The monoisotopic (exact) mass is 940 g/mol. The zero-order valence-corrected chi connectivity index (χ0v) is 44.6. The molecule has 6 heteroatoms. The average Bonchev–Trinajstić information content (AvgIpc) is 3.33. The van der Waals surface area contributed by atoms with E-state index in [1.165, 1.54) is 218 Å². The third-order valence-electron chi connectivity index (χ3n) is 13.3. The van der Waals surface area contributed by atoms with E-state index in [1.54, 1.807) is 6.08 Å². The number of hydrogen-bond acceptors (Lipinski definition) is 5. The Balaban J connectivity index is 3.46. The second kappa shape index (κ2) is 56.4. The third kappa shape index (κ3) is 53.0. The molecular formula is C61H113NO5. The summed E-state index contributed by atoms with van der Waals surface area (Å²) in [5.74, 6) is -0.0816. The molecule has 0 radical (unpaired) electrons. The molecule has 2 atom stereocenters. The topological polar surface area (TPSA) is 95.9 Å². The van der Waals surface area contributed by atoms with Crippen molar-refractivity contribution in [3.63, 3.8) is 0 Å². The maximum atomic E-state index is 12.5. The fourth-order valence-electron chi connectivity index (χ4n) is 8.78. The van der Waals surface area contributed by atoms with Crippen molar-refractivity contribution in [2.75, 3.05) is 13.2 Å². The van der Waals surface area contributed by atoms with E-state index in [0.717, 1.165) is 57.8 Å². The smallest absolute Gasteiger partial charge is 0.305 e. The number of amides is 1. The molecule has 0 saturated heterocycles. The van der Waals surface area contributed by atoms with Crippen LogP contribution in [0.1, 0.15) is 303 Å². The molecule has 0 bridgehead atoms. The molecule has 6 nitrogen and oxygen atoms in total. The number of aliphatic hydroxyl groups is 2. The SMILES string of the molecule is CCC/C=C\C/C=C\CCCCCCCC(=O)OCCCCCCCCCCCCC/C=C\CCCCCCCCCC(=O)NC(CO)C(O)/C=C/CCCCCCCCCCCCCCC. The number of rotatable bonds is 54. The van der Waals surface area contributed by atoms with Crippen LogP contribution in [0.2, 0.25) is 0 Å². The van der Waals surface area contributed by atoms with Crippen molar-refractivity contribution in [3.8, 4) is 0 Å². The number of ether oxygens (including phenoxy) is 1. The van der Waals surface area contributed by atoms with Gasteiger partial charge in [-0.3, -0.25) is 9.59 Å². The summed E-state index contributed by atoms with van der Waals surface area (Å²) in [5, 5.41) is 23.1. The van der Waals surface area contributed by atoms with E-state index in [4.69, 9.17) is 4.74 Å². The molecule has 0 aromatic rings. The van der Waals surface area contributed by atoms with E-state index in [2.05, 4.69) is 55.6 Å². The van der Waals surface area contributed by atoms with Gasteiger partial charge in [-0.15, -0.1) is 0 Å². The number of aliphatic hydroxyl groups excluding tert-OH is 2. The van der Waals surface area contributed by atoms with E-state index in [9.17, 15) is 19.8 Å². The van der Waals surface area contributed by atoms with Gasteiger partial charge in [0.1, 0.15) is 0 Å². The molecule has 3 N–H and O–H groups in total. The van der Waals surface area contributed by atoms with Gasteiger partial charge in [-0.1, -0.05) is 255 Å². The number of carbonyl (C=O) groups is 2. The zero-order valence-electron chi connectivity index (χ0n) is 44.6. The van der Waals surface area contributed by atoms with Crippen molar-refractivity contribution in [2.45, 2.75) is 315 Å². The molecule has 2 unspecified atom stereocenters. The molecule has 0 fully saturated rings. The van der Waals surface area contributed by atoms with Gasteiger partial charge in [-0.05, 0) is 83.5 Å². The summed E-state index contributed by atoms with van der Waals surface area (Å²) in [5.41, 5.74) is 0. The molecule has 0 heterocycles. The fraction of sp³-hybridized carbons (Fsp3) is 0.836. The highest BCUT2D eigenvalue weighted by molar-refractivity contribution is 5.76. The molecule has 0 aliphatic carbocycles. The number of nitrogens with one attached hydrogen (secondary N) is 1. The normalized spacial score (nSPS) is 13.0. The van der Waals surface area contributed by atoms with E-state index in [-0.39, 0.29) is 18.5 Å². The largest absolute Gasteiger partial charge is 0.466 e. The van der Waals surface area contributed by atoms with E-state index < -0.39 is 12.1 Å². The Morgan fingerprint density at radius 3 is 1.21 bits per heavy atom. The van der Waals surface area contributed by atoms with Crippen LogP contribution < -0.4 is 5.32 Å². The number of carbonyl (C=O) groups excluding carboxylic acids is 2. The van der Waals surface area contributed by atoms with Crippen LogP contribution >= 0.6 is 0 Å². The van der Waals surface area contributed by atoms with E-state index >= 15 is 0 Å². The van der Waals surface area contributed by atoms with Crippen molar-refractivity contribution >= 4 is 11.9 Å². The Morgan fingerprint density at radius 1 is 0.418 bits per heavy atom. The summed E-state index contributed by atoms with van der Waals surface area (Å²) >= 11 is 0. The van der Waals surface area contributed by atoms with Crippen LogP contribution in [0, 0.1) is 0 Å². The molecule has 0 rings (SSSR count). The highest BCUT2D eigenvalue weighted by atomic mass is 16.5. The summed E-state index contributed by atoms with van der Waals surface area (Å²) in [6.45, 7) is 4.83. The minimum Gasteiger partial charge on any atom is -0.466 e. The maximum Gasteiger partial charge on any atom is 0.305 e. The van der Waals surface area contributed by atoms with Gasteiger partial charge >= 0.3 is 5.97 Å². The number of allylic oxidation sites excluding steroid dienone is 7. The number of unbranched alkanes of at least 4 members (excludes halogenated alkanes) is 37. The van der Waals surface area contributed by atoms with Crippen LogP contribution in [0.4, 0.5) is 0 Å². The second-order valence-electron chi connectivity index (χ2n) is 20.0. The molecule has 0 aliphatic heterocycles. The van der Waals surface area contributed by atoms with Gasteiger partial charge < -0.3 is 20.3 Å². The van der Waals surface area contributed by atoms with Crippen molar-refractivity contribution in [2.24, 2.45) is 0 Å². The zero-order chi connectivity index (χ0) is 48.6. The van der Waals surface area contributed by atoms with Crippen LogP contribution in [0.5, 0.6) is 0 Å². The van der Waals surface area contributed by atoms with Gasteiger partial charge in [0.25, 0.3) is 0 Å². The van der Waals surface area contributed by atoms with Crippen molar-refractivity contribution in [1.82, 2.24) is 5.32 Å². The summed E-state index contributed by atoms with van der Waals surface area (Å²) in [7, 11) is 0. The van der Waals surface area contributed by atoms with Crippen molar-refractivity contribution in [1.29, 1.82) is 0 Å². The van der Waals surface area contributed by atoms with Crippen molar-refractivity contribution < 1.29 is 24.5 Å². The Kier molecular flexibility index (Phi) is 54.6. The molecule has 0 aromatic heterocycles. The molecule has 1 amide bonds. The van der Waals surface area contributed by atoms with Crippen molar-refractivity contribution in [3.05, 3.63) is 48.6 Å². The Hall–Kier alpha value is -2.18. The summed E-state index contributed by atoms with van der Waals surface area (Å²) in [6.07, 6.45) is 71.4. The van der Waals surface area contributed by atoms with Gasteiger partial charge in [0, 0.05) is 12.8 Å². The van der Waals surface area contributed by atoms with Gasteiger partial charge in [-0.2, -0.15) is 0 Å². The minimum absolute atomic E-state index is 0.00653. The summed E-state index contributed by atoms with van der Waals surface area (Å²) in [4.78, 5) is 24.5. The van der Waals surface area contributed by atoms with E-state index in [1.807, 2.05) is 6.08 Å². The maximum absolute atomic E-state index is 12.5. The first-order chi connectivity index (χ1) is 33.0. The summed E-state index contributed by atoms with van der Waals surface area (Å²) in [6, 6.07) is -0.633. The Labute approximate surface area is 416 Å². The molecule has 392 valence electrons. The lowest BCUT2D eigenvalue weighted by molar-refractivity contribution is -0.143. The lowest BCUT2D eigenvalue weighted by atomic mass is 10.0. The average molecular weight is 941 g/mol. The number of esters is 1. The Morgan fingerprint density at radius 2 is 0.776 bits per heavy atom. The molecule has 0 aromatic carbocycles. The van der Waals surface area contributed by atoms with E-state index in [0.29, 0.717) is 19.4 Å².